The van der Waals surface area contributed by atoms with Crippen LogP contribution in [0.2, 0.25) is 0 Å². The quantitative estimate of drug-likeness (QED) is 0.543. The van der Waals surface area contributed by atoms with Crippen LogP contribution in [0.3, 0.4) is 0 Å². The molecule has 0 amide bonds. The predicted molar refractivity (Wildman–Crippen MR) is 81.6 cm³/mol. The zero-order chi connectivity index (χ0) is 15.0. The molecule has 0 aliphatic heterocycles. The van der Waals surface area contributed by atoms with E-state index in [1.54, 1.807) is 23.8 Å². The van der Waals surface area contributed by atoms with Crippen molar-refractivity contribution in [3.8, 4) is 16.9 Å². The molecule has 2 aromatic carbocycles. The lowest BCUT2D eigenvalue weighted by molar-refractivity contribution is -0.383. The number of ether oxygens (including phenoxy) is 1. The van der Waals surface area contributed by atoms with Crippen molar-refractivity contribution in [2.45, 2.75) is 0 Å². The third-order valence-corrected chi connectivity index (χ3v) is 3.61. The number of fused-ring (bicyclic) bond motifs is 1. The SMILES string of the molecule is COc1ccc(-c2ccc([N+](=O)[O-])c3c2ccn3C)cc1. The zero-order valence-electron chi connectivity index (χ0n) is 11.7. The van der Waals surface area contributed by atoms with Gasteiger partial charge in [-0.05, 0) is 35.4 Å². The van der Waals surface area contributed by atoms with Crippen LogP contribution in [0.5, 0.6) is 5.75 Å². The summed E-state index contributed by atoms with van der Waals surface area (Å²) in [5.41, 5.74) is 2.73. The van der Waals surface area contributed by atoms with Crippen LogP contribution >= 0.6 is 0 Å². The molecule has 0 unspecified atom stereocenters. The number of aromatic nitrogens is 1. The summed E-state index contributed by atoms with van der Waals surface area (Å²) >= 11 is 0. The molecule has 0 aliphatic carbocycles. The van der Waals surface area contributed by atoms with Gasteiger partial charge in [0.05, 0.1) is 12.0 Å². The minimum absolute atomic E-state index is 0.120. The number of hydrogen-bond donors (Lipinski definition) is 0. The second-order valence-corrected chi connectivity index (χ2v) is 4.81. The number of rotatable bonds is 3. The molecule has 3 aromatic rings. The summed E-state index contributed by atoms with van der Waals surface area (Å²) in [5.74, 6) is 0.782. The first-order valence-electron chi connectivity index (χ1n) is 6.48. The molecule has 0 fully saturated rings. The van der Waals surface area contributed by atoms with Gasteiger partial charge < -0.3 is 9.30 Å². The van der Waals surface area contributed by atoms with Gasteiger partial charge >= 0.3 is 0 Å². The van der Waals surface area contributed by atoms with E-state index in [1.807, 2.05) is 43.6 Å². The summed E-state index contributed by atoms with van der Waals surface area (Å²) in [4.78, 5) is 10.8. The van der Waals surface area contributed by atoms with Gasteiger partial charge in [0.15, 0.2) is 0 Å². The van der Waals surface area contributed by atoms with E-state index in [2.05, 4.69) is 0 Å². The van der Waals surface area contributed by atoms with Crippen LogP contribution in [0.25, 0.3) is 22.0 Å². The molecule has 0 radical (unpaired) electrons. The summed E-state index contributed by atoms with van der Waals surface area (Å²) < 4.78 is 6.93. The van der Waals surface area contributed by atoms with Crippen molar-refractivity contribution in [1.82, 2.24) is 4.57 Å². The zero-order valence-corrected chi connectivity index (χ0v) is 11.7. The third kappa shape index (κ3) is 2.12. The predicted octanol–water partition coefficient (Wildman–Crippen LogP) is 3.76. The van der Waals surface area contributed by atoms with Gasteiger partial charge in [0.2, 0.25) is 0 Å². The maximum absolute atomic E-state index is 11.2. The summed E-state index contributed by atoms with van der Waals surface area (Å²) in [6.07, 6.45) is 1.84. The van der Waals surface area contributed by atoms with E-state index in [4.69, 9.17) is 4.74 Å². The van der Waals surface area contributed by atoms with Gasteiger partial charge in [0.1, 0.15) is 11.3 Å². The topological polar surface area (TPSA) is 57.3 Å². The Labute approximate surface area is 121 Å². The molecule has 0 saturated carbocycles. The van der Waals surface area contributed by atoms with Crippen molar-refractivity contribution in [2.75, 3.05) is 7.11 Å². The number of aryl methyl sites for hydroxylation is 1. The van der Waals surface area contributed by atoms with Gasteiger partial charge in [-0.2, -0.15) is 0 Å². The summed E-state index contributed by atoms with van der Waals surface area (Å²) in [5, 5.41) is 12.0. The summed E-state index contributed by atoms with van der Waals surface area (Å²) in [7, 11) is 3.43. The molecule has 0 spiro atoms. The highest BCUT2D eigenvalue weighted by molar-refractivity contribution is 6.00. The highest BCUT2D eigenvalue weighted by Gasteiger charge is 2.17. The fourth-order valence-electron chi connectivity index (χ4n) is 2.57. The van der Waals surface area contributed by atoms with Gasteiger partial charge in [-0.15, -0.1) is 0 Å². The Morgan fingerprint density at radius 1 is 1.10 bits per heavy atom. The molecule has 21 heavy (non-hydrogen) atoms. The van der Waals surface area contributed by atoms with E-state index in [9.17, 15) is 10.1 Å². The van der Waals surface area contributed by atoms with Gasteiger partial charge in [-0.25, -0.2) is 0 Å². The van der Waals surface area contributed by atoms with Crippen molar-refractivity contribution in [3.05, 3.63) is 58.8 Å². The molecule has 5 heteroatoms. The lowest BCUT2D eigenvalue weighted by Crippen LogP contribution is -1.94. The van der Waals surface area contributed by atoms with Crippen LogP contribution in [0.15, 0.2) is 48.7 Å². The first-order chi connectivity index (χ1) is 10.1. The lowest BCUT2D eigenvalue weighted by atomic mass is 10.0. The Morgan fingerprint density at radius 2 is 1.81 bits per heavy atom. The summed E-state index contributed by atoms with van der Waals surface area (Å²) in [6.45, 7) is 0. The van der Waals surface area contributed by atoms with Gasteiger partial charge in [-0.1, -0.05) is 12.1 Å². The van der Waals surface area contributed by atoms with Crippen LogP contribution < -0.4 is 4.74 Å². The largest absolute Gasteiger partial charge is 0.497 e. The van der Waals surface area contributed by atoms with Crippen LogP contribution in [-0.2, 0) is 7.05 Å². The highest BCUT2D eigenvalue weighted by Crippen LogP contribution is 2.35. The fraction of sp³-hybridized carbons (Fsp3) is 0.125. The molecular weight excluding hydrogens is 268 g/mol. The number of methoxy groups -OCH3 is 1. The Kier molecular flexibility index (Phi) is 3.10. The fourth-order valence-corrected chi connectivity index (χ4v) is 2.57. The van der Waals surface area contributed by atoms with E-state index in [1.165, 1.54) is 0 Å². The number of nitro benzene ring substituents is 1. The standard InChI is InChI=1S/C16H14N2O3/c1-17-10-9-14-13(7-8-15(16(14)17)18(19)20)11-3-5-12(21-2)6-4-11/h3-10H,1-2H3. The van der Waals surface area contributed by atoms with E-state index < -0.39 is 0 Å². The number of non-ortho nitro benzene ring substituents is 1. The minimum Gasteiger partial charge on any atom is -0.497 e. The lowest BCUT2D eigenvalue weighted by Gasteiger charge is -2.07. The second kappa shape index (κ2) is 4.94. The molecule has 0 bridgehead atoms. The minimum atomic E-state index is -0.347. The maximum atomic E-state index is 11.2. The number of hydrogen-bond acceptors (Lipinski definition) is 3. The van der Waals surface area contributed by atoms with Crippen molar-refractivity contribution in [1.29, 1.82) is 0 Å². The average molecular weight is 282 g/mol. The van der Waals surface area contributed by atoms with E-state index in [-0.39, 0.29) is 10.6 Å². The van der Waals surface area contributed by atoms with E-state index >= 15 is 0 Å². The van der Waals surface area contributed by atoms with Crippen molar-refractivity contribution >= 4 is 16.6 Å². The molecule has 0 N–H and O–H groups in total. The molecule has 0 saturated heterocycles. The Hall–Kier alpha value is -2.82. The summed E-state index contributed by atoms with van der Waals surface area (Å²) in [6, 6.07) is 12.9. The van der Waals surface area contributed by atoms with Gasteiger partial charge in [-0.3, -0.25) is 10.1 Å². The molecular formula is C16H14N2O3. The molecule has 1 heterocycles. The first-order valence-corrected chi connectivity index (χ1v) is 6.48. The Balaban J connectivity index is 2.24. The molecule has 1 aromatic heterocycles. The van der Waals surface area contributed by atoms with Gasteiger partial charge in [0, 0.05) is 24.7 Å². The van der Waals surface area contributed by atoms with Crippen LogP contribution in [-0.4, -0.2) is 16.6 Å². The number of benzene rings is 2. The normalized spacial score (nSPS) is 10.8. The van der Waals surface area contributed by atoms with E-state index in [0.717, 1.165) is 22.3 Å². The van der Waals surface area contributed by atoms with Gasteiger partial charge in [0.25, 0.3) is 5.69 Å². The van der Waals surface area contributed by atoms with Crippen molar-refractivity contribution in [3.63, 3.8) is 0 Å². The Bertz CT molecular complexity index is 819. The third-order valence-electron chi connectivity index (χ3n) is 3.61. The van der Waals surface area contributed by atoms with Crippen molar-refractivity contribution < 1.29 is 9.66 Å². The monoisotopic (exact) mass is 282 g/mol. The van der Waals surface area contributed by atoms with Crippen molar-refractivity contribution in [2.24, 2.45) is 7.05 Å². The molecule has 0 aliphatic rings. The Morgan fingerprint density at radius 3 is 2.43 bits per heavy atom. The molecule has 0 atom stereocenters. The number of nitro groups is 1. The van der Waals surface area contributed by atoms with Crippen LogP contribution in [0, 0.1) is 10.1 Å². The van der Waals surface area contributed by atoms with Crippen LogP contribution in [0.4, 0.5) is 5.69 Å². The maximum Gasteiger partial charge on any atom is 0.293 e. The van der Waals surface area contributed by atoms with E-state index in [0.29, 0.717) is 5.52 Å². The van der Waals surface area contributed by atoms with Crippen LogP contribution in [0.1, 0.15) is 0 Å². The highest BCUT2D eigenvalue weighted by atomic mass is 16.6. The average Bonchev–Trinajstić information content (AvgIpc) is 2.89. The first kappa shape index (κ1) is 13.2. The molecule has 5 nitrogen and oxygen atoms in total. The molecule has 3 rings (SSSR count). The second-order valence-electron chi connectivity index (χ2n) is 4.81. The number of nitrogens with zero attached hydrogens (tertiary/aromatic N) is 2. The smallest absolute Gasteiger partial charge is 0.293 e. The molecule has 106 valence electrons.